The van der Waals surface area contributed by atoms with Crippen LogP contribution >= 0.6 is 0 Å². The summed E-state index contributed by atoms with van der Waals surface area (Å²) < 4.78 is 9.56. The summed E-state index contributed by atoms with van der Waals surface area (Å²) in [5, 5.41) is 13.6. The minimum Gasteiger partial charge on any atom is -0.453 e. The van der Waals surface area contributed by atoms with Crippen LogP contribution in [0, 0.1) is 5.92 Å². The second-order valence-corrected chi connectivity index (χ2v) is 16.8. The monoisotopic (exact) mass is 837 g/mol. The van der Waals surface area contributed by atoms with Crippen molar-refractivity contribution in [2.75, 3.05) is 39.2 Å². The van der Waals surface area contributed by atoms with Crippen molar-refractivity contribution in [1.29, 1.82) is 0 Å². The molecule has 1 aliphatic carbocycles. The number of fused-ring (bicyclic) bond motifs is 6. The van der Waals surface area contributed by atoms with Gasteiger partial charge < -0.3 is 40.2 Å². The molecule has 1 aliphatic heterocycles. The lowest BCUT2D eigenvalue weighted by Gasteiger charge is -2.43. The molecule has 8 rings (SSSR count). The molecule has 4 atom stereocenters. The number of anilines is 1. The Morgan fingerprint density at radius 2 is 1.58 bits per heavy atom. The van der Waals surface area contributed by atoms with Crippen molar-refractivity contribution < 1.29 is 28.7 Å². The quantitative estimate of drug-likeness (QED) is 0.0851. The van der Waals surface area contributed by atoms with E-state index in [1.165, 1.54) is 19.8 Å². The molecule has 6 aromatic rings. The fraction of sp³-hybridized carbons (Fsp3) is 0.367. The summed E-state index contributed by atoms with van der Waals surface area (Å²) in [5.74, 6) is 0.739. The first kappa shape index (κ1) is 42.1. The van der Waals surface area contributed by atoms with Gasteiger partial charge in [0.05, 0.1) is 37.3 Å². The number of hydrogen-bond acceptors (Lipinski definition) is 8. The minimum absolute atomic E-state index is 0.0879. The number of carbonyl (C=O) groups is 4. The number of rotatable bonds is 14. The van der Waals surface area contributed by atoms with Crippen LogP contribution in [0.15, 0.2) is 91.0 Å². The van der Waals surface area contributed by atoms with Crippen molar-refractivity contribution in [1.82, 2.24) is 30.4 Å². The molecule has 62 heavy (non-hydrogen) atoms. The van der Waals surface area contributed by atoms with E-state index in [9.17, 15) is 19.2 Å². The topological polar surface area (TPSA) is 158 Å². The molecule has 1 saturated carbocycles. The van der Waals surface area contributed by atoms with Gasteiger partial charge in [0, 0.05) is 35.6 Å². The third-order valence-corrected chi connectivity index (χ3v) is 12.7. The van der Waals surface area contributed by atoms with Crippen molar-refractivity contribution in [3.63, 3.8) is 0 Å². The van der Waals surface area contributed by atoms with Crippen molar-refractivity contribution in [3.05, 3.63) is 108 Å². The van der Waals surface area contributed by atoms with Gasteiger partial charge >= 0.3 is 12.2 Å². The van der Waals surface area contributed by atoms with Crippen LogP contribution in [-0.2, 0) is 32.0 Å². The second-order valence-electron chi connectivity index (χ2n) is 16.8. The highest BCUT2D eigenvalue weighted by atomic mass is 16.5. The van der Waals surface area contributed by atoms with Crippen molar-refractivity contribution in [3.8, 4) is 11.1 Å². The number of aryl methyl sites for hydroxylation is 1. The summed E-state index contributed by atoms with van der Waals surface area (Å²) >= 11 is 0. The van der Waals surface area contributed by atoms with Gasteiger partial charge in [-0.25, -0.2) is 14.6 Å². The third-order valence-electron chi connectivity index (χ3n) is 12.7. The van der Waals surface area contributed by atoms with Crippen LogP contribution in [0.2, 0.25) is 0 Å². The van der Waals surface area contributed by atoms with Gasteiger partial charge in [-0.3, -0.25) is 9.59 Å². The molecule has 0 spiro atoms. The first-order valence-corrected chi connectivity index (χ1v) is 21.6. The third kappa shape index (κ3) is 8.61. The maximum absolute atomic E-state index is 14.0. The molecule has 3 unspecified atom stereocenters. The number of carbonyl (C=O) groups excluding carboxylic acids is 4. The predicted octanol–water partition coefficient (Wildman–Crippen LogP) is 8.47. The Balaban J connectivity index is 1.03. The van der Waals surface area contributed by atoms with Gasteiger partial charge in [-0.05, 0) is 89.2 Å². The number of hydrogen-bond donors (Lipinski definition) is 4. The van der Waals surface area contributed by atoms with E-state index < -0.39 is 18.2 Å². The van der Waals surface area contributed by atoms with Crippen LogP contribution in [0.5, 0.6) is 0 Å². The molecule has 2 heterocycles. The zero-order valence-electron chi connectivity index (χ0n) is 36.0. The van der Waals surface area contributed by atoms with Gasteiger partial charge in [0.15, 0.2) is 0 Å². The molecular weight excluding hydrogens is 783 g/mol. The molecule has 5 aromatic carbocycles. The van der Waals surface area contributed by atoms with E-state index in [0.717, 1.165) is 81.5 Å². The van der Waals surface area contributed by atoms with E-state index in [1.54, 1.807) is 4.90 Å². The lowest BCUT2D eigenvalue weighted by Crippen LogP contribution is -2.54. The SMILES string of the molecule is CCCN(Cc1nc2ccc3cc(-c4ccc5c6c(ccc5c4)CCC(CC)(CN(C(=O)CNC(=O)OC)C4CC4C)N6)ccc3c2[nH]1)C(=O)[C@H](NC(=O)OC)c1ccccc1. The highest BCUT2D eigenvalue weighted by molar-refractivity contribution is 6.06. The molecule has 0 radical (unpaired) electrons. The Kier molecular flexibility index (Phi) is 12.1. The van der Waals surface area contributed by atoms with Gasteiger partial charge in [0.2, 0.25) is 11.8 Å². The number of aromatic amines is 1. The number of benzene rings is 5. The zero-order valence-corrected chi connectivity index (χ0v) is 36.0. The maximum atomic E-state index is 14.0. The molecule has 0 saturated heterocycles. The fourth-order valence-corrected chi connectivity index (χ4v) is 9.01. The Hall–Kier alpha value is -6.63. The Morgan fingerprint density at radius 1 is 0.887 bits per heavy atom. The fourth-order valence-electron chi connectivity index (χ4n) is 9.01. The second kappa shape index (κ2) is 17.8. The summed E-state index contributed by atoms with van der Waals surface area (Å²) in [6.07, 6.45) is 3.05. The van der Waals surface area contributed by atoms with Crippen molar-refractivity contribution in [2.24, 2.45) is 5.92 Å². The summed E-state index contributed by atoms with van der Waals surface area (Å²) in [6, 6.07) is 30.0. The lowest BCUT2D eigenvalue weighted by molar-refractivity contribution is -0.134. The van der Waals surface area contributed by atoms with Crippen molar-refractivity contribution >= 4 is 62.3 Å². The number of nitrogens with zero attached hydrogens (tertiary/aromatic N) is 3. The molecular formula is C49H55N7O6. The summed E-state index contributed by atoms with van der Waals surface area (Å²) in [5.41, 5.74) is 6.63. The number of H-pyrrole nitrogens is 1. The number of amides is 4. The van der Waals surface area contributed by atoms with Gasteiger partial charge in [0.1, 0.15) is 18.4 Å². The average Bonchev–Trinajstić information content (AvgIpc) is 3.88. The summed E-state index contributed by atoms with van der Waals surface area (Å²) in [4.78, 5) is 63.7. The first-order valence-electron chi connectivity index (χ1n) is 21.6. The van der Waals surface area contributed by atoms with Crippen LogP contribution in [0.25, 0.3) is 43.7 Å². The Labute approximate surface area is 361 Å². The standard InChI is InChI=1S/C49H55N7O6/c1-6-23-55(46(58)44(53-48(60)62-5)31-11-9-8-10-12-31)28-41-51-39-20-17-36-26-34(16-19-38(36)45(39)52-41)33-15-18-37-35(25-33)14-13-32-21-22-49(7-2,54-43(32)37)29-56(40-24-30(40)3)42(57)27-50-47(59)61-4/h8-20,25-26,30,40,44,54H,6-7,21-24,27-29H2,1-5H3,(H,50,59)(H,51,52)(H,53,60)/t30?,40?,44-,49?/m1/s1. The van der Waals surface area contributed by atoms with Crippen LogP contribution in [0.3, 0.4) is 0 Å². The van der Waals surface area contributed by atoms with Crippen molar-refractivity contribution in [2.45, 2.75) is 77.0 Å². The van der Waals surface area contributed by atoms with Gasteiger partial charge in [-0.2, -0.15) is 0 Å². The molecule has 1 aromatic heterocycles. The van der Waals surface area contributed by atoms with Gasteiger partial charge in [-0.15, -0.1) is 0 Å². The zero-order chi connectivity index (χ0) is 43.5. The smallest absolute Gasteiger partial charge is 0.407 e. The molecule has 13 heteroatoms. The number of imidazole rings is 1. The first-order chi connectivity index (χ1) is 30.0. The minimum atomic E-state index is -0.909. The van der Waals surface area contributed by atoms with Crippen LogP contribution < -0.4 is 16.0 Å². The van der Waals surface area contributed by atoms with E-state index >= 15 is 0 Å². The number of nitrogens with one attached hydrogen (secondary N) is 4. The maximum Gasteiger partial charge on any atom is 0.407 e. The normalized spacial score (nSPS) is 18.3. The average molecular weight is 838 g/mol. The highest BCUT2D eigenvalue weighted by Gasteiger charge is 2.45. The molecule has 0 bridgehead atoms. The van der Waals surface area contributed by atoms with Gasteiger partial charge in [0.25, 0.3) is 0 Å². The van der Waals surface area contributed by atoms with Crippen LogP contribution in [0.4, 0.5) is 15.3 Å². The van der Waals surface area contributed by atoms with E-state index in [4.69, 9.17) is 14.5 Å². The lowest BCUT2D eigenvalue weighted by atomic mass is 9.82. The Morgan fingerprint density at radius 3 is 2.26 bits per heavy atom. The molecule has 2 aliphatic rings. The van der Waals surface area contributed by atoms with Gasteiger partial charge in [-0.1, -0.05) is 93.6 Å². The number of ether oxygens (including phenoxy) is 2. The highest BCUT2D eigenvalue weighted by Crippen LogP contribution is 2.42. The predicted molar refractivity (Wildman–Crippen MR) is 242 cm³/mol. The number of aromatic nitrogens is 2. The summed E-state index contributed by atoms with van der Waals surface area (Å²) in [7, 11) is 2.58. The van der Waals surface area contributed by atoms with E-state index in [1.807, 2.05) is 48.2 Å². The number of methoxy groups -OCH3 is 2. The van der Waals surface area contributed by atoms with E-state index in [0.29, 0.717) is 30.4 Å². The van der Waals surface area contributed by atoms with E-state index in [2.05, 4.69) is 89.4 Å². The molecule has 322 valence electrons. The summed E-state index contributed by atoms with van der Waals surface area (Å²) in [6.45, 7) is 7.56. The largest absolute Gasteiger partial charge is 0.453 e. The molecule has 13 nitrogen and oxygen atoms in total. The molecule has 1 fully saturated rings. The number of alkyl carbamates (subject to hydrolysis) is 2. The molecule has 4 amide bonds. The van der Waals surface area contributed by atoms with Crippen LogP contribution in [-0.4, -0.2) is 89.2 Å². The van der Waals surface area contributed by atoms with Crippen LogP contribution in [0.1, 0.15) is 69.4 Å². The van der Waals surface area contributed by atoms with E-state index in [-0.39, 0.29) is 36.5 Å². The Bertz CT molecular complexity index is 2650. The molecule has 4 N–H and O–H groups in total.